The third-order valence-electron chi connectivity index (χ3n) is 4.50. The van der Waals surface area contributed by atoms with Gasteiger partial charge in [-0.2, -0.15) is 5.10 Å². The Balaban J connectivity index is 1.59. The number of hydrogen-bond acceptors (Lipinski definition) is 5. The number of aromatic nitrogens is 3. The van der Waals surface area contributed by atoms with Crippen LogP contribution < -0.4 is 10.1 Å². The minimum Gasteiger partial charge on any atom is -0.481 e. The molecule has 3 rings (SSSR count). The van der Waals surface area contributed by atoms with Gasteiger partial charge in [0.1, 0.15) is 5.69 Å². The maximum absolute atomic E-state index is 14.6. The van der Waals surface area contributed by atoms with Crippen LogP contribution in [-0.4, -0.2) is 52.7 Å². The summed E-state index contributed by atoms with van der Waals surface area (Å²) in [7, 11) is 1.51. The average Bonchev–Trinajstić information content (AvgIpc) is 3.25. The molecule has 1 aliphatic heterocycles. The van der Waals surface area contributed by atoms with Gasteiger partial charge < -0.3 is 15.0 Å². The smallest absolute Gasteiger partial charge is 0.225 e. The fraction of sp³-hybridized carbons (Fsp3) is 0.500. The van der Waals surface area contributed by atoms with E-state index in [0.29, 0.717) is 17.9 Å². The van der Waals surface area contributed by atoms with Gasteiger partial charge in [-0.1, -0.05) is 6.92 Å². The summed E-state index contributed by atoms with van der Waals surface area (Å²) in [5.41, 5.74) is 0.708. The summed E-state index contributed by atoms with van der Waals surface area (Å²) < 4.78 is 19.5. The predicted molar refractivity (Wildman–Crippen MR) is 96.4 cm³/mol. The zero-order valence-corrected chi connectivity index (χ0v) is 15.1. The molecule has 1 saturated heterocycles. The zero-order chi connectivity index (χ0) is 18.5. The minimum absolute atomic E-state index is 0.0887. The quantitative estimate of drug-likeness (QED) is 0.792. The lowest BCUT2D eigenvalue weighted by atomic mass is 10.1. The van der Waals surface area contributed by atoms with Gasteiger partial charge in [0.25, 0.3) is 0 Å². The molecule has 3 heterocycles. The molecule has 0 aromatic carbocycles. The monoisotopic (exact) mass is 361 g/mol. The molecule has 1 fully saturated rings. The van der Waals surface area contributed by atoms with E-state index in [1.54, 1.807) is 12.1 Å². The van der Waals surface area contributed by atoms with Crippen molar-refractivity contribution < 1.29 is 13.9 Å². The molecule has 2 aromatic heterocycles. The number of H-pyrrole nitrogens is 1. The molecule has 2 aromatic rings. The number of rotatable bonds is 7. The number of carbonyl (C=O) groups is 1. The van der Waals surface area contributed by atoms with Gasteiger partial charge in [-0.25, -0.2) is 9.37 Å². The highest BCUT2D eigenvalue weighted by molar-refractivity contribution is 5.90. The number of aromatic amines is 1. The second kappa shape index (κ2) is 8.27. The Kier molecular flexibility index (Phi) is 5.82. The normalized spacial score (nSPS) is 15.8. The lowest BCUT2D eigenvalue weighted by Crippen LogP contribution is -2.28. The molecular weight excluding hydrogens is 337 g/mol. The van der Waals surface area contributed by atoms with E-state index >= 15 is 0 Å². The first-order valence-corrected chi connectivity index (χ1v) is 8.83. The van der Waals surface area contributed by atoms with E-state index in [1.165, 1.54) is 26.1 Å². The van der Waals surface area contributed by atoms with Crippen LogP contribution in [0.2, 0.25) is 0 Å². The number of nitrogens with one attached hydrogen (secondary N) is 2. The van der Waals surface area contributed by atoms with Gasteiger partial charge in [-0.15, -0.1) is 0 Å². The van der Waals surface area contributed by atoms with E-state index in [4.69, 9.17) is 4.74 Å². The van der Waals surface area contributed by atoms with Crippen LogP contribution in [0.3, 0.4) is 0 Å². The Morgan fingerprint density at radius 2 is 2.19 bits per heavy atom. The van der Waals surface area contributed by atoms with E-state index in [-0.39, 0.29) is 23.3 Å². The number of halogens is 1. The SMILES string of the molecule is COc1ccc(-c2[nH]nc(NC(=O)CC(C)CN3CCCC3)c2F)cn1. The molecule has 0 radical (unpaired) electrons. The van der Waals surface area contributed by atoms with Crippen molar-refractivity contribution in [2.24, 2.45) is 5.92 Å². The second-order valence-corrected chi connectivity index (χ2v) is 6.72. The summed E-state index contributed by atoms with van der Waals surface area (Å²) in [6.07, 6.45) is 4.27. The molecule has 0 bridgehead atoms. The molecular formula is C18H24FN5O2. The van der Waals surface area contributed by atoms with E-state index < -0.39 is 5.82 Å². The Bertz CT molecular complexity index is 741. The number of anilines is 1. The molecule has 7 nitrogen and oxygen atoms in total. The van der Waals surface area contributed by atoms with Crippen LogP contribution in [0.1, 0.15) is 26.2 Å². The summed E-state index contributed by atoms with van der Waals surface area (Å²) in [6, 6.07) is 3.31. The summed E-state index contributed by atoms with van der Waals surface area (Å²) in [6.45, 7) is 5.12. The molecule has 0 aliphatic carbocycles. The van der Waals surface area contributed by atoms with Gasteiger partial charge >= 0.3 is 0 Å². The van der Waals surface area contributed by atoms with Gasteiger partial charge in [-0.05, 0) is 37.9 Å². The van der Waals surface area contributed by atoms with Gasteiger partial charge in [0.05, 0.1) is 7.11 Å². The maximum Gasteiger partial charge on any atom is 0.225 e. The first-order valence-electron chi connectivity index (χ1n) is 8.83. The van der Waals surface area contributed by atoms with Gasteiger partial charge in [0.2, 0.25) is 11.8 Å². The van der Waals surface area contributed by atoms with Crippen molar-refractivity contribution in [2.45, 2.75) is 26.2 Å². The van der Waals surface area contributed by atoms with E-state index in [9.17, 15) is 9.18 Å². The lowest BCUT2D eigenvalue weighted by molar-refractivity contribution is -0.117. The average molecular weight is 361 g/mol. The summed E-state index contributed by atoms with van der Waals surface area (Å²) >= 11 is 0. The number of nitrogens with zero attached hydrogens (tertiary/aromatic N) is 3. The summed E-state index contributed by atoms with van der Waals surface area (Å²) in [4.78, 5) is 18.6. The van der Waals surface area contributed by atoms with Gasteiger partial charge in [-0.3, -0.25) is 9.89 Å². The van der Waals surface area contributed by atoms with Crippen molar-refractivity contribution in [1.29, 1.82) is 0 Å². The molecule has 8 heteroatoms. The topological polar surface area (TPSA) is 83.1 Å². The molecule has 140 valence electrons. The van der Waals surface area contributed by atoms with Crippen LogP contribution in [0.15, 0.2) is 18.3 Å². The number of amides is 1. The first kappa shape index (κ1) is 18.3. The van der Waals surface area contributed by atoms with Gasteiger partial charge in [0, 0.05) is 30.8 Å². The molecule has 0 saturated carbocycles. The van der Waals surface area contributed by atoms with Crippen molar-refractivity contribution in [1.82, 2.24) is 20.1 Å². The largest absolute Gasteiger partial charge is 0.481 e. The molecule has 2 N–H and O–H groups in total. The molecule has 1 aliphatic rings. The minimum atomic E-state index is -0.600. The number of carbonyl (C=O) groups excluding carboxylic acids is 1. The third kappa shape index (κ3) is 4.37. The van der Waals surface area contributed by atoms with Crippen LogP contribution in [0.4, 0.5) is 10.2 Å². The highest BCUT2D eigenvalue weighted by Gasteiger charge is 2.20. The zero-order valence-electron chi connectivity index (χ0n) is 15.1. The summed E-state index contributed by atoms with van der Waals surface area (Å²) in [5.74, 6) is -0.275. The molecule has 1 unspecified atom stereocenters. The second-order valence-electron chi connectivity index (χ2n) is 6.72. The Labute approximate surface area is 151 Å². The van der Waals surface area contributed by atoms with Crippen LogP contribution in [0.25, 0.3) is 11.3 Å². The van der Waals surface area contributed by atoms with Crippen LogP contribution in [0.5, 0.6) is 5.88 Å². The third-order valence-corrected chi connectivity index (χ3v) is 4.50. The van der Waals surface area contributed by atoms with Crippen LogP contribution in [0, 0.1) is 11.7 Å². The Morgan fingerprint density at radius 3 is 2.85 bits per heavy atom. The van der Waals surface area contributed by atoms with Gasteiger partial charge in [0.15, 0.2) is 11.6 Å². The van der Waals surface area contributed by atoms with Crippen LogP contribution >= 0.6 is 0 Å². The van der Waals surface area contributed by atoms with E-state index in [2.05, 4.69) is 25.4 Å². The van der Waals surface area contributed by atoms with E-state index in [0.717, 1.165) is 19.6 Å². The number of ether oxygens (including phenoxy) is 1. The lowest BCUT2D eigenvalue weighted by Gasteiger charge is -2.19. The Morgan fingerprint density at radius 1 is 1.42 bits per heavy atom. The Hall–Kier alpha value is -2.48. The predicted octanol–water partition coefficient (Wildman–Crippen LogP) is 2.68. The van der Waals surface area contributed by atoms with Crippen molar-refractivity contribution in [3.05, 3.63) is 24.1 Å². The molecule has 1 atom stereocenters. The highest BCUT2D eigenvalue weighted by atomic mass is 19.1. The maximum atomic E-state index is 14.6. The number of likely N-dealkylation sites (tertiary alicyclic amines) is 1. The molecule has 26 heavy (non-hydrogen) atoms. The number of hydrogen-bond donors (Lipinski definition) is 2. The van der Waals surface area contributed by atoms with Crippen LogP contribution in [-0.2, 0) is 4.79 Å². The highest BCUT2D eigenvalue weighted by Crippen LogP contribution is 2.25. The standard InChI is InChI=1S/C18H24FN5O2/c1-12(11-24-7-3-4-8-24)9-14(25)21-18-16(19)17(22-23-18)13-5-6-15(26-2)20-10-13/h5-6,10,12H,3-4,7-9,11H2,1-2H3,(H2,21,22,23,25). The van der Waals surface area contributed by atoms with Crippen molar-refractivity contribution in [3.8, 4) is 17.1 Å². The van der Waals surface area contributed by atoms with Crippen molar-refractivity contribution in [3.63, 3.8) is 0 Å². The molecule has 0 spiro atoms. The van der Waals surface area contributed by atoms with Crippen molar-refractivity contribution in [2.75, 3.05) is 32.1 Å². The fourth-order valence-electron chi connectivity index (χ4n) is 3.22. The van der Waals surface area contributed by atoms with Crippen molar-refractivity contribution >= 4 is 11.7 Å². The van der Waals surface area contributed by atoms with E-state index in [1.807, 2.05) is 6.92 Å². The first-order chi connectivity index (χ1) is 12.6. The summed E-state index contributed by atoms with van der Waals surface area (Å²) in [5, 5.41) is 9.06. The fourth-order valence-corrected chi connectivity index (χ4v) is 3.22. The molecule has 1 amide bonds. The number of methoxy groups -OCH3 is 1. The number of pyridine rings is 1.